The number of carbonyl (C=O) groups is 1. The van der Waals surface area contributed by atoms with Gasteiger partial charge >= 0.3 is 0 Å². The van der Waals surface area contributed by atoms with Gasteiger partial charge in [-0.2, -0.15) is 5.10 Å². The Balaban J connectivity index is 2.42. The lowest BCUT2D eigenvalue weighted by Crippen LogP contribution is -1.90. The van der Waals surface area contributed by atoms with Gasteiger partial charge in [-0.1, -0.05) is 38.1 Å². The van der Waals surface area contributed by atoms with E-state index in [-0.39, 0.29) is 0 Å². The summed E-state index contributed by atoms with van der Waals surface area (Å²) in [5.74, 6) is 0.512. The van der Waals surface area contributed by atoms with Crippen molar-refractivity contribution in [3.8, 4) is 11.3 Å². The number of rotatable bonds is 3. The molecule has 0 aliphatic rings. The highest BCUT2D eigenvalue weighted by Crippen LogP contribution is 2.23. The topological polar surface area (TPSA) is 34.9 Å². The van der Waals surface area contributed by atoms with Crippen LogP contribution >= 0.6 is 0 Å². The number of nitrogens with zero attached hydrogens (tertiary/aromatic N) is 2. The Morgan fingerprint density at radius 1 is 1.24 bits per heavy atom. The van der Waals surface area contributed by atoms with Crippen LogP contribution in [0.3, 0.4) is 0 Å². The van der Waals surface area contributed by atoms with Gasteiger partial charge < -0.3 is 0 Å². The van der Waals surface area contributed by atoms with Gasteiger partial charge in [-0.15, -0.1) is 0 Å². The maximum atomic E-state index is 10.9. The normalized spacial score (nSPS) is 10.8. The third kappa shape index (κ3) is 2.28. The minimum Gasteiger partial charge on any atom is -0.298 e. The zero-order valence-electron chi connectivity index (χ0n) is 10.3. The maximum Gasteiger partial charge on any atom is 0.153 e. The molecule has 17 heavy (non-hydrogen) atoms. The predicted molar refractivity (Wildman–Crippen MR) is 68.1 cm³/mol. The summed E-state index contributed by atoms with van der Waals surface area (Å²) in [7, 11) is 1.82. The van der Waals surface area contributed by atoms with Crippen LogP contribution in [0.15, 0.2) is 30.5 Å². The van der Waals surface area contributed by atoms with E-state index in [2.05, 4.69) is 31.1 Å². The molecule has 1 aromatic heterocycles. The number of aryl methyl sites for hydroxylation is 1. The minimum atomic E-state index is 0.512. The van der Waals surface area contributed by atoms with Crippen LogP contribution in [0.2, 0.25) is 0 Å². The van der Waals surface area contributed by atoms with E-state index in [1.165, 1.54) is 5.56 Å². The van der Waals surface area contributed by atoms with Gasteiger partial charge in [-0.25, -0.2) is 0 Å². The second kappa shape index (κ2) is 4.53. The molecule has 0 saturated carbocycles. The van der Waals surface area contributed by atoms with E-state index < -0.39 is 0 Å². The van der Waals surface area contributed by atoms with Crippen molar-refractivity contribution in [1.29, 1.82) is 0 Å². The molecule has 1 aromatic carbocycles. The number of hydrogen-bond donors (Lipinski definition) is 0. The van der Waals surface area contributed by atoms with Crippen LogP contribution < -0.4 is 0 Å². The summed E-state index contributed by atoms with van der Waals surface area (Å²) in [5, 5.41) is 4.31. The molecule has 0 aliphatic heterocycles. The molecule has 0 atom stereocenters. The summed E-state index contributed by atoms with van der Waals surface area (Å²) in [6.07, 6.45) is 2.58. The van der Waals surface area contributed by atoms with Gasteiger partial charge in [-0.3, -0.25) is 9.48 Å². The third-order valence-corrected chi connectivity index (χ3v) is 2.83. The van der Waals surface area contributed by atoms with E-state index in [1.807, 2.05) is 19.2 Å². The van der Waals surface area contributed by atoms with E-state index in [0.717, 1.165) is 17.5 Å². The Bertz CT molecular complexity index is 524. The predicted octanol–water partition coefficient (Wildman–Crippen LogP) is 3.02. The molecule has 0 spiro atoms. The zero-order valence-corrected chi connectivity index (χ0v) is 10.3. The second-order valence-corrected chi connectivity index (χ2v) is 4.50. The fourth-order valence-electron chi connectivity index (χ4n) is 1.84. The molecule has 0 bridgehead atoms. The van der Waals surface area contributed by atoms with E-state index in [0.29, 0.717) is 11.5 Å². The van der Waals surface area contributed by atoms with E-state index >= 15 is 0 Å². The first kappa shape index (κ1) is 11.6. The molecule has 0 aliphatic carbocycles. The van der Waals surface area contributed by atoms with Crippen LogP contribution in [0.1, 0.15) is 35.7 Å². The number of aldehydes is 1. The van der Waals surface area contributed by atoms with Crippen LogP contribution in [0.4, 0.5) is 0 Å². The second-order valence-electron chi connectivity index (χ2n) is 4.50. The average Bonchev–Trinajstić information content (AvgIpc) is 2.70. The number of benzene rings is 1. The number of carbonyl (C=O) groups excluding carboxylic acids is 1. The highest BCUT2D eigenvalue weighted by molar-refractivity contribution is 5.85. The average molecular weight is 228 g/mol. The molecule has 88 valence electrons. The van der Waals surface area contributed by atoms with Crippen molar-refractivity contribution < 1.29 is 4.79 Å². The summed E-state index contributed by atoms with van der Waals surface area (Å²) in [6.45, 7) is 4.32. The van der Waals surface area contributed by atoms with Gasteiger partial charge in [0.2, 0.25) is 0 Å². The van der Waals surface area contributed by atoms with Gasteiger partial charge in [-0.05, 0) is 11.5 Å². The number of hydrogen-bond acceptors (Lipinski definition) is 2. The summed E-state index contributed by atoms with van der Waals surface area (Å²) >= 11 is 0. The van der Waals surface area contributed by atoms with Crippen LogP contribution in [-0.4, -0.2) is 16.1 Å². The molecule has 0 fully saturated rings. The highest BCUT2D eigenvalue weighted by Gasteiger charge is 2.09. The van der Waals surface area contributed by atoms with Crippen molar-refractivity contribution in [3.63, 3.8) is 0 Å². The van der Waals surface area contributed by atoms with Gasteiger partial charge in [0.05, 0.1) is 5.56 Å². The van der Waals surface area contributed by atoms with Gasteiger partial charge in [0.25, 0.3) is 0 Å². The smallest absolute Gasteiger partial charge is 0.153 e. The molecule has 2 aromatic rings. The van der Waals surface area contributed by atoms with Crippen LogP contribution in [0, 0.1) is 0 Å². The molecule has 1 heterocycles. The summed E-state index contributed by atoms with van der Waals surface area (Å²) in [4.78, 5) is 10.9. The van der Waals surface area contributed by atoms with Crippen LogP contribution in [0.5, 0.6) is 0 Å². The van der Waals surface area contributed by atoms with Gasteiger partial charge in [0.15, 0.2) is 6.29 Å². The minimum absolute atomic E-state index is 0.512. The quantitative estimate of drug-likeness (QED) is 0.757. The van der Waals surface area contributed by atoms with Crippen molar-refractivity contribution in [3.05, 3.63) is 41.6 Å². The molecular weight excluding hydrogens is 212 g/mol. The molecular formula is C14H16N2O. The van der Waals surface area contributed by atoms with Gasteiger partial charge in [0.1, 0.15) is 5.69 Å². The fraction of sp³-hybridized carbons (Fsp3) is 0.286. The molecule has 0 saturated heterocycles. The van der Waals surface area contributed by atoms with Crippen molar-refractivity contribution in [2.45, 2.75) is 19.8 Å². The molecule has 3 heteroatoms. The Morgan fingerprint density at radius 3 is 2.41 bits per heavy atom. The fourth-order valence-corrected chi connectivity index (χ4v) is 1.84. The first-order valence-corrected chi connectivity index (χ1v) is 5.71. The molecule has 3 nitrogen and oxygen atoms in total. The van der Waals surface area contributed by atoms with Gasteiger partial charge in [0, 0.05) is 18.8 Å². The molecule has 0 N–H and O–H groups in total. The monoisotopic (exact) mass is 228 g/mol. The summed E-state index contributed by atoms with van der Waals surface area (Å²) < 4.78 is 1.66. The van der Waals surface area contributed by atoms with Crippen LogP contribution in [0.25, 0.3) is 11.3 Å². The Morgan fingerprint density at radius 2 is 1.88 bits per heavy atom. The van der Waals surface area contributed by atoms with Crippen molar-refractivity contribution in [2.24, 2.45) is 7.05 Å². The molecule has 2 rings (SSSR count). The Labute approximate surface area is 101 Å². The lowest BCUT2D eigenvalue weighted by Gasteiger charge is -2.05. The van der Waals surface area contributed by atoms with Crippen molar-refractivity contribution in [1.82, 2.24) is 9.78 Å². The zero-order chi connectivity index (χ0) is 12.4. The van der Waals surface area contributed by atoms with Crippen molar-refractivity contribution in [2.75, 3.05) is 0 Å². The van der Waals surface area contributed by atoms with E-state index in [1.54, 1.807) is 10.9 Å². The number of aromatic nitrogens is 2. The van der Waals surface area contributed by atoms with Crippen LogP contribution in [-0.2, 0) is 7.05 Å². The molecule has 0 radical (unpaired) electrons. The lowest BCUT2D eigenvalue weighted by molar-refractivity contribution is 0.112. The van der Waals surface area contributed by atoms with Crippen molar-refractivity contribution >= 4 is 6.29 Å². The third-order valence-electron chi connectivity index (χ3n) is 2.83. The first-order valence-electron chi connectivity index (χ1n) is 5.71. The standard InChI is InChI=1S/C14H16N2O/c1-10(2)11-4-6-12(7-5-11)14-13(9-17)8-16(3)15-14/h4-10H,1-3H3. The van der Waals surface area contributed by atoms with E-state index in [4.69, 9.17) is 0 Å². The maximum absolute atomic E-state index is 10.9. The molecule has 0 amide bonds. The Kier molecular flexibility index (Phi) is 3.09. The summed E-state index contributed by atoms with van der Waals surface area (Å²) in [6, 6.07) is 8.21. The SMILES string of the molecule is CC(C)c1ccc(-c2nn(C)cc2C=O)cc1. The summed E-state index contributed by atoms with van der Waals surface area (Å²) in [5.41, 5.74) is 3.65. The highest BCUT2D eigenvalue weighted by atomic mass is 16.1. The molecule has 0 unspecified atom stereocenters. The van der Waals surface area contributed by atoms with E-state index in [9.17, 15) is 4.79 Å². The first-order chi connectivity index (χ1) is 8.11. The Hall–Kier alpha value is -1.90. The largest absolute Gasteiger partial charge is 0.298 e. The lowest BCUT2D eigenvalue weighted by atomic mass is 10.00.